The smallest absolute Gasteiger partial charge is 0.270 e. The van der Waals surface area contributed by atoms with E-state index in [1.54, 1.807) is 12.1 Å². The molecule has 5 heteroatoms. The minimum absolute atomic E-state index is 0.103. The molecule has 0 spiro atoms. The molecule has 1 N–H and O–H groups in total. The van der Waals surface area contributed by atoms with E-state index in [1.807, 2.05) is 48.8 Å². The molecular formula is C20H16N3O2+. The van der Waals surface area contributed by atoms with E-state index in [1.165, 1.54) is 11.6 Å². The van der Waals surface area contributed by atoms with E-state index in [-0.39, 0.29) is 10.6 Å². The Morgan fingerprint density at radius 3 is 2.56 bits per heavy atom. The van der Waals surface area contributed by atoms with Crippen LogP contribution in [0.3, 0.4) is 0 Å². The quantitative estimate of drug-likeness (QED) is 0.348. The fraction of sp³-hybridized carbons (Fsp3) is 0.0500. The predicted molar refractivity (Wildman–Crippen MR) is 96.1 cm³/mol. The van der Waals surface area contributed by atoms with Crippen LogP contribution in [0, 0.1) is 10.1 Å². The molecule has 122 valence electrons. The number of hydrogen-bond acceptors (Lipinski definition) is 2. The van der Waals surface area contributed by atoms with Crippen molar-refractivity contribution in [2.24, 2.45) is 0 Å². The van der Waals surface area contributed by atoms with Crippen LogP contribution in [0.4, 0.5) is 5.69 Å². The zero-order valence-corrected chi connectivity index (χ0v) is 13.4. The highest BCUT2D eigenvalue weighted by Gasteiger charge is 2.13. The Kier molecular flexibility index (Phi) is 3.74. The van der Waals surface area contributed by atoms with Gasteiger partial charge in [-0.3, -0.25) is 10.1 Å². The van der Waals surface area contributed by atoms with Crippen molar-refractivity contribution < 1.29 is 9.49 Å². The Morgan fingerprint density at radius 2 is 1.76 bits per heavy atom. The van der Waals surface area contributed by atoms with Crippen molar-refractivity contribution in [1.82, 2.24) is 4.98 Å². The van der Waals surface area contributed by atoms with Gasteiger partial charge in [-0.15, -0.1) is 0 Å². The van der Waals surface area contributed by atoms with Gasteiger partial charge in [0, 0.05) is 52.0 Å². The highest BCUT2D eigenvalue weighted by atomic mass is 16.6. The number of rotatable bonds is 4. The lowest BCUT2D eigenvalue weighted by Gasteiger charge is -2.05. The molecule has 25 heavy (non-hydrogen) atoms. The molecule has 0 atom stereocenters. The molecule has 5 nitrogen and oxygen atoms in total. The molecule has 4 rings (SSSR count). The first-order chi connectivity index (χ1) is 12.2. The number of pyridine rings is 1. The molecule has 4 aromatic rings. The molecule has 2 aromatic carbocycles. The van der Waals surface area contributed by atoms with E-state index in [4.69, 9.17) is 0 Å². The second-order valence-electron chi connectivity index (χ2n) is 5.92. The average Bonchev–Trinajstić information content (AvgIpc) is 3.06. The Labute approximate surface area is 144 Å². The van der Waals surface area contributed by atoms with Crippen LogP contribution < -0.4 is 4.57 Å². The van der Waals surface area contributed by atoms with Crippen LogP contribution >= 0.6 is 0 Å². The molecule has 0 radical (unpaired) electrons. The van der Waals surface area contributed by atoms with Gasteiger partial charge in [-0.2, -0.15) is 0 Å². The number of nitrogens with one attached hydrogen (secondary N) is 1. The standard InChI is InChI=1S/C20H16N3O2/c24-23(25)17-8-9-19-16(12-17)13-20(21-19)18-7-3-2-6-15(18)14-22-10-4-1-5-11-22/h1-13,21H,14H2/q+1. The van der Waals surface area contributed by atoms with Gasteiger partial charge in [0.2, 0.25) is 0 Å². The van der Waals surface area contributed by atoms with Crippen molar-refractivity contribution >= 4 is 16.6 Å². The molecule has 0 saturated carbocycles. The van der Waals surface area contributed by atoms with Crippen molar-refractivity contribution in [3.8, 4) is 11.3 Å². The van der Waals surface area contributed by atoms with E-state index in [9.17, 15) is 10.1 Å². The van der Waals surface area contributed by atoms with Gasteiger partial charge < -0.3 is 4.98 Å². The summed E-state index contributed by atoms with van der Waals surface area (Å²) in [5.41, 5.74) is 4.23. The van der Waals surface area contributed by atoms with Gasteiger partial charge in [0.25, 0.3) is 5.69 Å². The molecule has 0 fully saturated rings. The van der Waals surface area contributed by atoms with E-state index < -0.39 is 0 Å². The van der Waals surface area contributed by atoms with Crippen molar-refractivity contribution in [1.29, 1.82) is 0 Å². The predicted octanol–water partition coefficient (Wildman–Crippen LogP) is 4.08. The van der Waals surface area contributed by atoms with Crippen molar-refractivity contribution in [2.45, 2.75) is 6.54 Å². The summed E-state index contributed by atoms with van der Waals surface area (Å²) >= 11 is 0. The minimum Gasteiger partial charge on any atom is -0.355 e. The molecule has 0 aliphatic rings. The number of nitro benzene ring substituents is 1. The third-order valence-electron chi connectivity index (χ3n) is 4.25. The number of aromatic nitrogens is 2. The zero-order chi connectivity index (χ0) is 17.2. The van der Waals surface area contributed by atoms with Gasteiger partial charge in [-0.25, -0.2) is 4.57 Å². The summed E-state index contributed by atoms with van der Waals surface area (Å²) in [4.78, 5) is 14.0. The third-order valence-corrected chi connectivity index (χ3v) is 4.25. The van der Waals surface area contributed by atoms with Gasteiger partial charge >= 0.3 is 0 Å². The van der Waals surface area contributed by atoms with Gasteiger partial charge in [-0.1, -0.05) is 30.3 Å². The SMILES string of the molecule is O=[N+]([O-])c1ccc2[nH]c(-c3ccccc3C[n+]3ccccc3)cc2c1. The molecule has 0 aliphatic carbocycles. The third kappa shape index (κ3) is 2.99. The maximum absolute atomic E-state index is 11.0. The Bertz CT molecular complexity index is 1050. The Morgan fingerprint density at radius 1 is 0.960 bits per heavy atom. The summed E-state index contributed by atoms with van der Waals surface area (Å²) in [7, 11) is 0. The van der Waals surface area contributed by atoms with Gasteiger partial charge in [0.05, 0.1) is 4.92 Å². The number of hydrogen-bond donors (Lipinski definition) is 1. The Balaban J connectivity index is 1.77. The minimum atomic E-state index is -0.369. The molecule has 2 heterocycles. The van der Waals surface area contributed by atoms with Crippen LogP contribution in [0.2, 0.25) is 0 Å². The lowest BCUT2D eigenvalue weighted by atomic mass is 10.0. The van der Waals surface area contributed by atoms with E-state index in [0.717, 1.165) is 28.7 Å². The summed E-state index contributed by atoms with van der Waals surface area (Å²) in [5, 5.41) is 11.8. The summed E-state index contributed by atoms with van der Waals surface area (Å²) in [6, 6.07) is 21.0. The first-order valence-corrected chi connectivity index (χ1v) is 8.00. The summed E-state index contributed by atoms with van der Waals surface area (Å²) in [6.45, 7) is 0.756. The average molecular weight is 330 g/mol. The van der Waals surface area contributed by atoms with Gasteiger partial charge in [0.1, 0.15) is 0 Å². The Hall–Kier alpha value is -3.47. The number of nitro groups is 1. The molecule has 2 aromatic heterocycles. The number of aromatic amines is 1. The van der Waals surface area contributed by atoms with Crippen LogP contribution in [0.1, 0.15) is 5.56 Å². The maximum Gasteiger partial charge on any atom is 0.270 e. The number of fused-ring (bicyclic) bond motifs is 1. The second-order valence-corrected chi connectivity index (χ2v) is 5.92. The normalized spacial score (nSPS) is 10.9. The van der Waals surface area contributed by atoms with Gasteiger partial charge in [0.15, 0.2) is 18.9 Å². The highest BCUT2D eigenvalue weighted by Crippen LogP contribution is 2.29. The van der Waals surface area contributed by atoms with Crippen LogP contribution in [-0.2, 0) is 6.54 Å². The fourth-order valence-electron chi connectivity index (χ4n) is 3.04. The van der Waals surface area contributed by atoms with E-state index in [0.29, 0.717) is 0 Å². The number of H-pyrrole nitrogens is 1. The zero-order valence-electron chi connectivity index (χ0n) is 13.4. The molecular weight excluding hydrogens is 314 g/mol. The molecule has 0 aliphatic heterocycles. The molecule has 0 amide bonds. The van der Waals surface area contributed by atoms with Crippen LogP contribution in [-0.4, -0.2) is 9.91 Å². The number of benzene rings is 2. The second kappa shape index (κ2) is 6.20. The van der Waals surface area contributed by atoms with Crippen molar-refractivity contribution in [3.05, 3.63) is 94.8 Å². The fourth-order valence-corrected chi connectivity index (χ4v) is 3.04. The van der Waals surface area contributed by atoms with Crippen LogP contribution in [0.5, 0.6) is 0 Å². The largest absolute Gasteiger partial charge is 0.355 e. The summed E-state index contributed by atoms with van der Waals surface area (Å²) < 4.78 is 2.12. The van der Waals surface area contributed by atoms with Gasteiger partial charge in [-0.05, 0) is 12.1 Å². The summed E-state index contributed by atoms with van der Waals surface area (Å²) in [5.74, 6) is 0. The molecule has 0 saturated heterocycles. The lowest BCUT2D eigenvalue weighted by Crippen LogP contribution is -2.33. The van der Waals surface area contributed by atoms with Crippen LogP contribution in [0.15, 0.2) is 79.1 Å². The van der Waals surface area contributed by atoms with Crippen molar-refractivity contribution in [2.75, 3.05) is 0 Å². The topological polar surface area (TPSA) is 62.8 Å². The first-order valence-electron chi connectivity index (χ1n) is 8.00. The maximum atomic E-state index is 11.0. The summed E-state index contributed by atoms with van der Waals surface area (Å²) in [6.07, 6.45) is 4.07. The van der Waals surface area contributed by atoms with Crippen molar-refractivity contribution in [3.63, 3.8) is 0 Å². The number of nitrogens with zero attached hydrogens (tertiary/aromatic N) is 2. The van der Waals surface area contributed by atoms with E-state index >= 15 is 0 Å². The molecule has 0 unspecified atom stereocenters. The lowest BCUT2D eigenvalue weighted by molar-refractivity contribution is -0.688. The number of non-ortho nitro benzene ring substituents is 1. The molecule has 0 bridgehead atoms. The first kappa shape index (κ1) is 15.1. The monoisotopic (exact) mass is 330 g/mol. The highest BCUT2D eigenvalue weighted by molar-refractivity contribution is 5.88. The van der Waals surface area contributed by atoms with E-state index in [2.05, 4.69) is 21.7 Å². The van der Waals surface area contributed by atoms with Crippen LogP contribution in [0.25, 0.3) is 22.2 Å².